The van der Waals surface area contributed by atoms with Crippen LogP contribution in [-0.2, 0) is 4.79 Å². The highest BCUT2D eigenvalue weighted by molar-refractivity contribution is 6.31. The average Bonchev–Trinajstić information content (AvgIpc) is 2.90. The Morgan fingerprint density at radius 1 is 1.22 bits per heavy atom. The van der Waals surface area contributed by atoms with Crippen LogP contribution in [0.1, 0.15) is 34.5 Å². The quantitative estimate of drug-likeness (QED) is 0.688. The zero-order valence-electron chi connectivity index (χ0n) is 14.3. The summed E-state index contributed by atoms with van der Waals surface area (Å²) in [7, 11) is 0. The van der Waals surface area contributed by atoms with Gasteiger partial charge in [-0.3, -0.25) is 14.2 Å². The molecule has 1 atom stereocenters. The summed E-state index contributed by atoms with van der Waals surface area (Å²) in [5.74, 6) is -6.88. The molecule has 3 aromatic rings. The minimum atomic E-state index is -1.31. The fourth-order valence-electron chi connectivity index (χ4n) is 3.18. The highest BCUT2D eigenvalue weighted by Crippen LogP contribution is 2.38. The molecular formula is C19H14ClF2NO4. The molecule has 0 aliphatic carbocycles. The second kappa shape index (κ2) is 6.66. The minimum absolute atomic E-state index is 0.0133. The smallest absolute Gasteiger partial charge is 0.310 e. The molecule has 0 aliphatic rings. The monoisotopic (exact) mass is 393 g/mol. The number of aliphatic carboxylic acids is 1. The van der Waals surface area contributed by atoms with Crippen molar-refractivity contribution in [2.24, 2.45) is 0 Å². The van der Waals surface area contributed by atoms with E-state index in [-0.39, 0.29) is 27.7 Å². The van der Waals surface area contributed by atoms with Crippen LogP contribution in [0.2, 0.25) is 5.02 Å². The molecule has 1 unspecified atom stereocenters. The topological polar surface area (TPSA) is 79.5 Å². The van der Waals surface area contributed by atoms with Crippen LogP contribution in [0.15, 0.2) is 30.3 Å². The van der Waals surface area contributed by atoms with Crippen molar-refractivity contribution in [3.05, 3.63) is 63.8 Å². The van der Waals surface area contributed by atoms with E-state index >= 15 is 0 Å². The number of nitrogens with zero attached hydrogens (tertiary/aromatic N) is 1. The Kier molecular flexibility index (Phi) is 4.65. The Morgan fingerprint density at radius 2 is 1.89 bits per heavy atom. The average molecular weight is 394 g/mol. The second-order valence-corrected chi connectivity index (χ2v) is 6.56. The Labute approximate surface area is 157 Å². The van der Waals surface area contributed by atoms with E-state index in [1.54, 1.807) is 12.1 Å². The van der Waals surface area contributed by atoms with Gasteiger partial charge in [0, 0.05) is 27.7 Å². The summed E-state index contributed by atoms with van der Waals surface area (Å²) in [5.41, 5.74) is 0.105. The number of carbonyl (C=O) groups is 2. The van der Waals surface area contributed by atoms with E-state index < -0.39 is 35.2 Å². The van der Waals surface area contributed by atoms with Crippen molar-refractivity contribution in [3.8, 4) is 5.75 Å². The number of aromatic hydroxyl groups is 1. The molecule has 2 N–H and O–H groups in total. The molecule has 1 aromatic heterocycles. The number of aromatic nitrogens is 1. The van der Waals surface area contributed by atoms with Gasteiger partial charge in [0.15, 0.2) is 17.4 Å². The van der Waals surface area contributed by atoms with Crippen LogP contribution < -0.4 is 0 Å². The van der Waals surface area contributed by atoms with Crippen molar-refractivity contribution in [1.82, 2.24) is 4.57 Å². The molecular weight excluding hydrogens is 380 g/mol. The third-order valence-electron chi connectivity index (χ3n) is 4.49. The predicted octanol–water partition coefficient (Wildman–Crippen LogP) is 4.46. The molecule has 5 nitrogen and oxygen atoms in total. The van der Waals surface area contributed by atoms with Crippen LogP contribution in [0.4, 0.5) is 8.78 Å². The zero-order valence-corrected chi connectivity index (χ0v) is 15.0. The SMILES string of the molecule is Cc1c(C(C)C(=O)O)c2c(F)c(O)c(F)cc2n1C(=O)c1cccc(Cl)c1. The normalized spacial score (nSPS) is 12.3. The van der Waals surface area contributed by atoms with Gasteiger partial charge in [-0.1, -0.05) is 17.7 Å². The predicted molar refractivity (Wildman–Crippen MR) is 95.5 cm³/mol. The summed E-state index contributed by atoms with van der Waals surface area (Å²) >= 11 is 5.91. The Balaban J connectivity index is 2.41. The third kappa shape index (κ3) is 2.94. The molecule has 0 saturated heterocycles. The number of hydrogen-bond acceptors (Lipinski definition) is 3. The van der Waals surface area contributed by atoms with Gasteiger partial charge < -0.3 is 10.2 Å². The maximum absolute atomic E-state index is 14.6. The van der Waals surface area contributed by atoms with Crippen LogP contribution in [0.25, 0.3) is 10.9 Å². The number of benzene rings is 2. The fraction of sp³-hybridized carbons (Fsp3) is 0.158. The number of hydrogen-bond donors (Lipinski definition) is 2. The molecule has 0 aliphatic heterocycles. The van der Waals surface area contributed by atoms with Crippen molar-refractivity contribution in [1.29, 1.82) is 0 Å². The van der Waals surface area contributed by atoms with Crippen LogP contribution in [-0.4, -0.2) is 26.7 Å². The van der Waals surface area contributed by atoms with Crippen LogP contribution in [0.5, 0.6) is 5.75 Å². The number of carboxylic acids is 1. The van der Waals surface area contributed by atoms with Gasteiger partial charge in [0.05, 0.1) is 11.4 Å². The number of phenols is 1. The molecule has 2 aromatic carbocycles. The van der Waals surface area contributed by atoms with E-state index in [4.69, 9.17) is 11.6 Å². The first-order valence-corrected chi connectivity index (χ1v) is 8.27. The van der Waals surface area contributed by atoms with Gasteiger partial charge in [0.25, 0.3) is 5.91 Å². The molecule has 0 saturated carbocycles. The van der Waals surface area contributed by atoms with E-state index in [9.17, 15) is 28.6 Å². The lowest BCUT2D eigenvalue weighted by molar-refractivity contribution is -0.138. The van der Waals surface area contributed by atoms with Crippen LogP contribution in [0.3, 0.4) is 0 Å². The van der Waals surface area contributed by atoms with E-state index in [0.717, 1.165) is 10.6 Å². The van der Waals surface area contributed by atoms with Crippen molar-refractivity contribution in [2.45, 2.75) is 19.8 Å². The first-order chi connectivity index (χ1) is 12.6. The standard InChI is InChI=1S/C19H14ClF2NO4/c1-8(19(26)27)14-9(2)23(18(25)10-4-3-5-11(20)6-10)13-7-12(21)17(24)16(22)15(13)14/h3-8,24H,1-2H3,(H,26,27). The van der Waals surface area contributed by atoms with E-state index in [2.05, 4.69) is 0 Å². The lowest BCUT2D eigenvalue weighted by Gasteiger charge is -2.09. The lowest BCUT2D eigenvalue weighted by atomic mass is 9.97. The van der Waals surface area contributed by atoms with E-state index in [1.165, 1.54) is 26.0 Å². The number of rotatable bonds is 3. The summed E-state index contributed by atoms with van der Waals surface area (Å²) in [6.07, 6.45) is 0. The largest absolute Gasteiger partial charge is 0.503 e. The summed E-state index contributed by atoms with van der Waals surface area (Å²) in [5, 5.41) is 19.0. The van der Waals surface area contributed by atoms with Crippen LogP contribution >= 0.6 is 11.6 Å². The van der Waals surface area contributed by atoms with Gasteiger partial charge in [0.1, 0.15) is 0 Å². The number of carbonyl (C=O) groups excluding carboxylic acids is 1. The Morgan fingerprint density at radius 3 is 2.48 bits per heavy atom. The van der Waals surface area contributed by atoms with Crippen molar-refractivity contribution < 1.29 is 28.6 Å². The molecule has 0 amide bonds. The van der Waals surface area contributed by atoms with Gasteiger partial charge in [-0.2, -0.15) is 0 Å². The Bertz CT molecular complexity index is 1110. The molecule has 0 fully saturated rings. The van der Waals surface area contributed by atoms with E-state index in [0.29, 0.717) is 5.02 Å². The summed E-state index contributed by atoms with van der Waals surface area (Å²) in [6, 6.07) is 6.79. The molecule has 0 radical (unpaired) electrons. The first-order valence-electron chi connectivity index (χ1n) is 7.90. The van der Waals surface area contributed by atoms with Gasteiger partial charge >= 0.3 is 5.97 Å². The van der Waals surface area contributed by atoms with Gasteiger partial charge in [0.2, 0.25) is 0 Å². The zero-order chi connectivity index (χ0) is 20.0. The van der Waals surface area contributed by atoms with Crippen molar-refractivity contribution in [2.75, 3.05) is 0 Å². The summed E-state index contributed by atoms with van der Waals surface area (Å²) in [4.78, 5) is 24.5. The number of carboxylic acid groups (broad SMARTS) is 1. The summed E-state index contributed by atoms with van der Waals surface area (Å²) in [6.45, 7) is 2.75. The Hall–Kier alpha value is -2.93. The molecule has 1 heterocycles. The van der Waals surface area contributed by atoms with Gasteiger partial charge in [-0.05, 0) is 37.6 Å². The van der Waals surface area contributed by atoms with Gasteiger partial charge in [-0.25, -0.2) is 8.78 Å². The molecule has 3 rings (SSSR count). The number of fused-ring (bicyclic) bond motifs is 1. The third-order valence-corrected chi connectivity index (χ3v) is 4.72. The van der Waals surface area contributed by atoms with Crippen molar-refractivity contribution >= 4 is 34.4 Å². The maximum Gasteiger partial charge on any atom is 0.310 e. The summed E-state index contributed by atoms with van der Waals surface area (Å²) < 4.78 is 29.6. The number of halogens is 3. The molecule has 0 bridgehead atoms. The lowest BCUT2D eigenvalue weighted by Crippen LogP contribution is -2.15. The maximum atomic E-state index is 14.6. The molecule has 140 valence electrons. The number of phenolic OH excluding ortho intramolecular Hbond substituents is 1. The van der Waals surface area contributed by atoms with Crippen LogP contribution in [0, 0.1) is 18.6 Å². The molecule has 27 heavy (non-hydrogen) atoms. The first kappa shape index (κ1) is 18.8. The highest BCUT2D eigenvalue weighted by atomic mass is 35.5. The fourth-order valence-corrected chi connectivity index (χ4v) is 3.37. The van der Waals surface area contributed by atoms with Gasteiger partial charge in [-0.15, -0.1) is 0 Å². The van der Waals surface area contributed by atoms with Crippen molar-refractivity contribution in [3.63, 3.8) is 0 Å². The molecule has 0 spiro atoms. The minimum Gasteiger partial charge on any atom is -0.503 e. The highest BCUT2D eigenvalue weighted by Gasteiger charge is 2.30. The molecule has 8 heteroatoms. The second-order valence-electron chi connectivity index (χ2n) is 6.13. The van der Waals surface area contributed by atoms with E-state index in [1.807, 2.05) is 0 Å².